The SMILES string of the molecule is CCC(C)C(NC(=O)C(CCCNC(=N)N)NC(=O)C(NC(=O)C(CCCCN)NC(=O)C(CC(N)=O)NC(=O)C(CO)NC(=O)C(N)CC(=O)O)C(C)O)C(=O)NC(CC(=O)O)C(=O)NC(CCC(=O)O)C(=O)NC(C)C(=O)NC(CC(N)=O)C(=O)NC(CCC(N)=O)C(=O)NC(CCCNC(=N)N)C(=O)NC(C)C(=O)NC(C(=O)NC(CCCCN)C(=O)NC(CCSC)C(=O)NC(CC(C)C)C(=O)O)C(C)O. The van der Waals surface area contributed by atoms with Crippen LogP contribution in [0.15, 0.2) is 0 Å². The highest BCUT2D eigenvalue weighted by Gasteiger charge is 2.42. The number of aliphatic carboxylic acids is 4. The Morgan fingerprint density at radius 2 is 0.614 bits per heavy atom. The molecular weight excluding hydrogens is 1940 g/mol. The number of guanidine groups is 2. The van der Waals surface area contributed by atoms with E-state index >= 15 is 0 Å². The van der Waals surface area contributed by atoms with Crippen molar-refractivity contribution < 1.29 is 151 Å². The Balaban J connectivity index is 7.35. The Labute approximate surface area is 838 Å². The highest BCUT2D eigenvalue weighted by molar-refractivity contribution is 7.98. The Bertz CT molecular complexity index is 4440. The van der Waals surface area contributed by atoms with Crippen LogP contribution in [-0.4, -0.2) is 355 Å². The van der Waals surface area contributed by atoms with Gasteiger partial charge in [-0.2, -0.15) is 11.8 Å². The zero-order chi connectivity index (χ0) is 111. The Morgan fingerprint density at radius 1 is 0.317 bits per heavy atom. The number of carbonyl (C=O) groups excluding carboxylic acids is 20. The largest absolute Gasteiger partial charge is 0.481 e. The molecule has 0 heterocycles. The van der Waals surface area contributed by atoms with E-state index in [1.165, 1.54) is 25.6 Å². The van der Waals surface area contributed by atoms with Crippen LogP contribution >= 0.6 is 11.8 Å². The van der Waals surface area contributed by atoms with Gasteiger partial charge in [0.2, 0.25) is 118 Å². The van der Waals surface area contributed by atoms with E-state index in [1.807, 2.05) is 5.32 Å². The fourth-order valence-corrected chi connectivity index (χ4v) is 13.9. The molecule has 0 fully saturated rings. The monoisotopic (exact) mass is 2090 g/mol. The maximum Gasteiger partial charge on any atom is 0.326 e. The van der Waals surface area contributed by atoms with Gasteiger partial charge in [-0.3, -0.25) is 121 Å². The fourth-order valence-electron chi connectivity index (χ4n) is 13.4. The summed E-state index contributed by atoms with van der Waals surface area (Å²) in [6.45, 7) is 9.30. The summed E-state index contributed by atoms with van der Waals surface area (Å²) in [7, 11) is 0. The molecule has 21 unspecified atom stereocenters. The maximum atomic E-state index is 14.6. The van der Waals surface area contributed by atoms with Crippen LogP contribution in [0.1, 0.15) is 190 Å². The quantitative estimate of drug-likeness (QED) is 0.0153. The van der Waals surface area contributed by atoms with Crippen LogP contribution in [0.4, 0.5) is 0 Å². The molecule has 20 amide bonds. The van der Waals surface area contributed by atoms with Crippen molar-refractivity contribution in [1.82, 2.24) is 101 Å². The van der Waals surface area contributed by atoms with Crippen LogP contribution in [-0.2, 0) is 115 Å². The number of carbonyl (C=O) groups is 24. The van der Waals surface area contributed by atoms with Crippen molar-refractivity contribution in [1.29, 1.82) is 10.8 Å². The molecule has 0 bridgehead atoms. The third-order valence-electron chi connectivity index (χ3n) is 21.6. The van der Waals surface area contributed by atoms with Crippen molar-refractivity contribution in [3.8, 4) is 0 Å². The van der Waals surface area contributed by atoms with E-state index in [9.17, 15) is 146 Å². The smallest absolute Gasteiger partial charge is 0.326 e. The Hall–Kier alpha value is -14.1. The van der Waals surface area contributed by atoms with E-state index < -0.39 is 345 Å². The molecule has 0 spiro atoms. The summed E-state index contributed by atoms with van der Waals surface area (Å²) in [4.78, 5) is 324. The standard InChI is InChI=1S/C84H147N29O31S/c1-10-38(4)62(111-73(134)47(20-16-29-96-84(93)94)105-81(142)64(42(8)116)113-74(135)45(18-12-14-27-86)100-76(137)52(34-58(90)119)107-78(139)55(36-114)110-67(128)43(87)32-60(122)123)79(140)108-53(35-61(124)125)77(138)102-49(22-24-59(120)121)69(130)97-39(5)65(126)106-51(33-57(89)118)75(136)101-48(21-23-56(88)117)71(132)99-46(19-15-28-95-83(91)92)68(129)98-40(6)66(127)112-63(41(7)115)80(141)104-44(17-11-13-26-85)70(131)103-50(25-30-145-9)72(133)109-54(82(143)144)31-37(2)3/h37-55,62-64,114-116H,10-36,85-87H2,1-9H3,(H2,88,117)(H2,89,118)(H2,90,119)(H,97,130)(H,98,129)(H,99,132)(H,100,137)(H,101,136)(H,102,138)(H,103,131)(H,104,141)(H,105,142)(H,106,126)(H,107,139)(H,108,140)(H,109,133)(H,110,128)(H,111,134)(H,112,127)(H,113,135)(H,120,121)(H,122,123)(H,124,125)(H,143,144)(H4,91,92,95)(H4,93,94,96). The van der Waals surface area contributed by atoms with Crippen molar-refractivity contribution in [2.24, 2.45) is 57.7 Å². The molecule has 0 saturated heterocycles. The number of nitrogens with one attached hydrogen (secondary N) is 21. The first-order valence-electron chi connectivity index (χ1n) is 46.5. The number of primary amides is 3. The third kappa shape index (κ3) is 53.2. The fraction of sp³-hybridized carbons (Fsp3) is 0.690. The summed E-state index contributed by atoms with van der Waals surface area (Å²) in [6, 6.07) is -32.6. The summed E-state index contributed by atoms with van der Waals surface area (Å²) in [6.07, 6.45) is -9.92. The average Bonchev–Trinajstić information content (AvgIpc) is 0.838. The number of nitrogens with two attached hydrogens (primary N) is 8. The van der Waals surface area contributed by atoms with Gasteiger partial charge >= 0.3 is 23.9 Å². The number of hydrogen-bond donors (Lipinski definition) is 36. The molecule has 21 atom stereocenters. The van der Waals surface area contributed by atoms with Crippen molar-refractivity contribution >= 4 is 166 Å². The molecular formula is C84H147N29O31S. The third-order valence-corrected chi connectivity index (χ3v) is 22.3. The van der Waals surface area contributed by atoms with Crippen LogP contribution in [0.3, 0.4) is 0 Å². The minimum Gasteiger partial charge on any atom is -0.481 e. The second-order valence-electron chi connectivity index (χ2n) is 34.6. The number of rotatable bonds is 75. The first-order valence-corrected chi connectivity index (χ1v) is 47.9. The van der Waals surface area contributed by atoms with Crippen molar-refractivity contribution in [3.05, 3.63) is 0 Å². The average molecular weight is 2090 g/mol. The summed E-state index contributed by atoms with van der Waals surface area (Å²) in [5, 5.41) is 129. The van der Waals surface area contributed by atoms with Crippen molar-refractivity contribution in [2.45, 2.75) is 311 Å². The van der Waals surface area contributed by atoms with Crippen LogP contribution in [0.2, 0.25) is 0 Å². The van der Waals surface area contributed by atoms with Gasteiger partial charge in [0.05, 0.1) is 50.5 Å². The molecule has 0 aliphatic heterocycles. The Kier molecular flexibility index (Phi) is 62.3. The second kappa shape index (κ2) is 69.0. The van der Waals surface area contributed by atoms with E-state index in [0.29, 0.717) is 12.2 Å². The first-order chi connectivity index (χ1) is 67.8. The molecule has 0 saturated carbocycles. The zero-order valence-electron chi connectivity index (χ0n) is 82.2. The number of carboxylic acids is 4. The van der Waals surface area contributed by atoms with Gasteiger partial charge in [0.15, 0.2) is 11.9 Å². The minimum atomic E-state index is -2.24. The van der Waals surface area contributed by atoms with Crippen molar-refractivity contribution in [3.63, 3.8) is 0 Å². The number of unbranched alkanes of at least 4 members (excludes halogenated alkanes) is 2. The molecule has 0 aliphatic carbocycles. The second-order valence-corrected chi connectivity index (χ2v) is 35.6. The van der Waals surface area contributed by atoms with Gasteiger partial charge in [-0.25, -0.2) is 4.79 Å². The Morgan fingerprint density at radius 3 is 0.959 bits per heavy atom. The summed E-state index contributed by atoms with van der Waals surface area (Å²) >= 11 is 1.31. The van der Waals surface area contributed by atoms with E-state index in [4.69, 9.17) is 61.8 Å². The lowest BCUT2D eigenvalue weighted by Crippen LogP contribution is -2.62. The lowest BCUT2D eigenvalue weighted by Gasteiger charge is -2.30. The molecule has 0 aromatic rings. The first kappa shape index (κ1) is 131. The normalized spacial score (nSPS) is 15.4. The maximum absolute atomic E-state index is 14.6. The molecule has 0 aromatic heterocycles. The molecule has 61 heteroatoms. The number of hydrogen-bond acceptors (Lipinski definition) is 33. The van der Waals surface area contributed by atoms with Gasteiger partial charge in [-0.05, 0) is 155 Å². The topological polar surface area (TPSA) is 1040 Å². The van der Waals surface area contributed by atoms with Crippen LogP contribution in [0.25, 0.3) is 0 Å². The van der Waals surface area contributed by atoms with Crippen LogP contribution in [0, 0.1) is 22.7 Å². The molecule has 0 aromatic carbocycles. The molecule has 820 valence electrons. The minimum absolute atomic E-state index is 0.00252. The van der Waals surface area contributed by atoms with E-state index in [1.54, 1.807) is 20.1 Å². The number of carboxylic acid groups (broad SMARTS) is 4. The molecule has 145 heavy (non-hydrogen) atoms. The summed E-state index contributed by atoms with van der Waals surface area (Å²) < 4.78 is 0. The molecule has 0 aliphatic rings. The van der Waals surface area contributed by atoms with Gasteiger partial charge in [-0.1, -0.05) is 34.1 Å². The van der Waals surface area contributed by atoms with Crippen molar-refractivity contribution in [2.75, 3.05) is 44.8 Å². The van der Waals surface area contributed by atoms with Crippen LogP contribution < -0.4 is 147 Å². The molecule has 44 N–H and O–H groups in total. The summed E-state index contributed by atoms with van der Waals surface area (Å²) in [5.41, 5.74) is 44.2. The summed E-state index contributed by atoms with van der Waals surface area (Å²) in [5.74, 6) is -32.8. The van der Waals surface area contributed by atoms with Gasteiger partial charge in [-0.15, -0.1) is 0 Å². The predicted octanol–water partition coefficient (Wildman–Crippen LogP) is -14.1. The van der Waals surface area contributed by atoms with Gasteiger partial charge in [0.25, 0.3) is 0 Å². The predicted molar refractivity (Wildman–Crippen MR) is 514 cm³/mol. The van der Waals surface area contributed by atoms with Gasteiger partial charge in [0, 0.05) is 25.9 Å². The molecule has 60 nitrogen and oxygen atoms in total. The number of thioether (sulfide) groups is 1. The number of aliphatic hydroxyl groups excluding tert-OH is 3. The van der Waals surface area contributed by atoms with Gasteiger partial charge in [0.1, 0.15) is 103 Å². The molecule has 0 radical (unpaired) electrons. The van der Waals surface area contributed by atoms with Crippen LogP contribution in [0.5, 0.6) is 0 Å². The zero-order valence-corrected chi connectivity index (χ0v) is 83.1. The van der Waals surface area contributed by atoms with E-state index in [2.05, 4.69) is 95.7 Å². The highest BCUT2D eigenvalue weighted by atomic mass is 32.2. The number of amides is 20. The number of aliphatic hydroxyl groups is 3. The van der Waals surface area contributed by atoms with E-state index in [0.717, 1.165) is 27.7 Å². The van der Waals surface area contributed by atoms with Gasteiger partial charge < -0.3 is 183 Å². The lowest BCUT2D eigenvalue weighted by atomic mass is 9.96. The lowest BCUT2D eigenvalue weighted by molar-refractivity contribution is -0.143. The van der Waals surface area contributed by atoms with E-state index in [-0.39, 0.29) is 103 Å². The molecule has 0 rings (SSSR count). The highest BCUT2D eigenvalue weighted by Crippen LogP contribution is 2.17.